The van der Waals surface area contributed by atoms with Crippen LogP contribution in [0.3, 0.4) is 0 Å². The van der Waals surface area contributed by atoms with Gasteiger partial charge in [0.05, 0.1) is 0 Å². The molecule has 0 bridgehead atoms. The predicted molar refractivity (Wildman–Crippen MR) is 57.0 cm³/mol. The highest BCUT2D eigenvalue weighted by atomic mass is 16.4. The van der Waals surface area contributed by atoms with Gasteiger partial charge in [0, 0.05) is 11.8 Å². The molecule has 3 N–H and O–H groups in total. The molecule has 1 rings (SSSR count). The van der Waals surface area contributed by atoms with E-state index in [0.717, 1.165) is 28.5 Å². The number of nitrogens with two attached hydrogens (primary N) is 1. The van der Waals surface area contributed by atoms with Gasteiger partial charge in [0.15, 0.2) is 0 Å². The number of hydrogen-bond acceptors (Lipinski definition) is 2. The number of benzene rings is 1. The Hall–Kier alpha value is -1.77. The Morgan fingerprint density at radius 1 is 1.43 bits per heavy atom. The van der Waals surface area contributed by atoms with Crippen LogP contribution in [0.1, 0.15) is 16.7 Å². The first-order chi connectivity index (χ1) is 6.52. The molecular formula is C11H13NO2. The number of rotatable bonds is 2. The van der Waals surface area contributed by atoms with Gasteiger partial charge in [0.25, 0.3) is 0 Å². The third kappa shape index (κ3) is 2.13. The Balaban J connectivity index is 3.12. The molecule has 0 unspecified atom stereocenters. The standard InChI is InChI=1S/C11H13NO2/c1-7-3-4-9(5-6-10(13)14)8(2)11(7)12/h3-6H,12H2,1-2H3,(H,13,14). The van der Waals surface area contributed by atoms with Gasteiger partial charge in [-0.1, -0.05) is 12.1 Å². The second-order valence-corrected chi connectivity index (χ2v) is 3.18. The molecule has 0 aliphatic rings. The van der Waals surface area contributed by atoms with E-state index < -0.39 is 5.97 Å². The van der Waals surface area contributed by atoms with Crippen LogP contribution in [0.4, 0.5) is 5.69 Å². The molecule has 0 radical (unpaired) electrons. The van der Waals surface area contributed by atoms with Crippen LogP contribution >= 0.6 is 0 Å². The summed E-state index contributed by atoms with van der Waals surface area (Å²) in [7, 11) is 0. The van der Waals surface area contributed by atoms with E-state index in [0.29, 0.717) is 0 Å². The first-order valence-corrected chi connectivity index (χ1v) is 4.29. The highest BCUT2D eigenvalue weighted by Crippen LogP contribution is 2.21. The molecule has 0 aromatic heterocycles. The maximum Gasteiger partial charge on any atom is 0.328 e. The summed E-state index contributed by atoms with van der Waals surface area (Å²) >= 11 is 0. The maximum absolute atomic E-state index is 10.3. The fraction of sp³-hybridized carbons (Fsp3) is 0.182. The van der Waals surface area contributed by atoms with E-state index >= 15 is 0 Å². The van der Waals surface area contributed by atoms with Crippen LogP contribution in [0.2, 0.25) is 0 Å². The zero-order valence-electron chi connectivity index (χ0n) is 8.24. The molecule has 1 aromatic rings. The smallest absolute Gasteiger partial charge is 0.328 e. The third-order valence-electron chi connectivity index (χ3n) is 2.18. The molecule has 1 aromatic carbocycles. The third-order valence-corrected chi connectivity index (χ3v) is 2.18. The summed E-state index contributed by atoms with van der Waals surface area (Å²) in [6.45, 7) is 3.80. The van der Waals surface area contributed by atoms with Gasteiger partial charge in [-0.2, -0.15) is 0 Å². The maximum atomic E-state index is 10.3. The Morgan fingerprint density at radius 3 is 2.64 bits per heavy atom. The van der Waals surface area contributed by atoms with Crippen molar-refractivity contribution in [2.24, 2.45) is 0 Å². The number of aliphatic carboxylic acids is 1. The van der Waals surface area contributed by atoms with Crippen LogP contribution < -0.4 is 5.73 Å². The normalized spacial score (nSPS) is 10.7. The van der Waals surface area contributed by atoms with Crippen LogP contribution in [-0.2, 0) is 4.79 Å². The molecular weight excluding hydrogens is 178 g/mol. The summed E-state index contributed by atoms with van der Waals surface area (Å²) in [5.41, 5.74) is 9.30. The summed E-state index contributed by atoms with van der Waals surface area (Å²) in [5, 5.41) is 8.47. The van der Waals surface area contributed by atoms with Gasteiger partial charge in [-0.3, -0.25) is 0 Å². The van der Waals surface area contributed by atoms with Crippen molar-refractivity contribution in [1.29, 1.82) is 0 Å². The zero-order valence-corrected chi connectivity index (χ0v) is 8.24. The van der Waals surface area contributed by atoms with Crippen molar-refractivity contribution in [1.82, 2.24) is 0 Å². The van der Waals surface area contributed by atoms with Gasteiger partial charge in [0.2, 0.25) is 0 Å². The molecule has 0 saturated heterocycles. The minimum Gasteiger partial charge on any atom is -0.478 e. The Bertz CT molecular complexity index is 395. The van der Waals surface area contributed by atoms with Crippen molar-refractivity contribution in [3.8, 4) is 0 Å². The van der Waals surface area contributed by atoms with Crippen LogP contribution in [-0.4, -0.2) is 11.1 Å². The summed E-state index contributed by atoms with van der Waals surface area (Å²) in [6, 6.07) is 3.74. The molecule has 0 spiro atoms. The molecule has 14 heavy (non-hydrogen) atoms. The summed E-state index contributed by atoms with van der Waals surface area (Å²) in [6.07, 6.45) is 2.66. The van der Waals surface area contributed by atoms with Crippen LogP contribution in [0.25, 0.3) is 6.08 Å². The molecule has 0 aliphatic heterocycles. The monoisotopic (exact) mass is 191 g/mol. The predicted octanol–water partition coefficient (Wildman–Crippen LogP) is 1.98. The molecule has 0 heterocycles. The Labute approximate surface area is 82.9 Å². The first-order valence-electron chi connectivity index (χ1n) is 4.29. The van der Waals surface area contributed by atoms with Crippen molar-refractivity contribution in [3.63, 3.8) is 0 Å². The summed E-state index contributed by atoms with van der Waals surface area (Å²) < 4.78 is 0. The van der Waals surface area contributed by atoms with E-state index in [1.807, 2.05) is 26.0 Å². The highest BCUT2D eigenvalue weighted by molar-refractivity contribution is 5.86. The number of carbonyl (C=O) groups is 1. The van der Waals surface area contributed by atoms with E-state index in [-0.39, 0.29) is 0 Å². The van der Waals surface area contributed by atoms with Crippen LogP contribution in [0, 0.1) is 13.8 Å². The van der Waals surface area contributed by atoms with Crippen molar-refractivity contribution in [2.75, 3.05) is 5.73 Å². The second-order valence-electron chi connectivity index (χ2n) is 3.18. The molecule has 0 aliphatic carbocycles. The fourth-order valence-corrected chi connectivity index (χ4v) is 1.22. The van der Waals surface area contributed by atoms with Crippen molar-refractivity contribution >= 4 is 17.7 Å². The molecule has 3 heteroatoms. The van der Waals surface area contributed by atoms with Crippen LogP contribution in [0.15, 0.2) is 18.2 Å². The number of anilines is 1. The zero-order chi connectivity index (χ0) is 10.7. The number of carboxylic acid groups (broad SMARTS) is 1. The van der Waals surface area contributed by atoms with Gasteiger partial charge in [0.1, 0.15) is 0 Å². The number of aryl methyl sites for hydroxylation is 1. The number of carboxylic acids is 1. The quantitative estimate of drug-likeness (QED) is 0.555. The lowest BCUT2D eigenvalue weighted by molar-refractivity contribution is -0.131. The average Bonchev–Trinajstić information content (AvgIpc) is 2.13. The lowest BCUT2D eigenvalue weighted by Crippen LogP contribution is -1.96. The lowest BCUT2D eigenvalue weighted by Gasteiger charge is -2.07. The Kier molecular flexibility index (Phi) is 2.92. The van der Waals surface area contributed by atoms with Gasteiger partial charge in [-0.15, -0.1) is 0 Å². The Morgan fingerprint density at radius 2 is 2.07 bits per heavy atom. The summed E-state index contributed by atoms with van der Waals surface area (Å²) in [5.74, 6) is -0.955. The van der Waals surface area contributed by atoms with E-state index in [2.05, 4.69) is 0 Å². The van der Waals surface area contributed by atoms with Crippen molar-refractivity contribution in [2.45, 2.75) is 13.8 Å². The van der Waals surface area contributed by atoms with Gasteiger partial charge < -0.3 is 10.8 Å². The second kappa shape index (κ2) is 3.96. The van der Waals surface area contributed by atoms with Crippen molar-refractivity contribution in [3.05, 3.63) is 34.9 Å². The number of nitrogen functional groups attached to an aromatic ring is 1. The van der Waals surface area contributed by atoms with Gasteiger partial charge in [-0.25, -0.2) is 4.79 Å². The topological polar surface area (TPSA) is 63.3 Å². The van der Waals surface area contributed by atoms with E-state index in [1.54, 1.807) is 6.08 Å². The molecule has 0 saturated carbocycles. The van der Waals surface area contributed by atoms with E-state index in [9.17, 15) is 4.79 Å². The average molecular weight is 191 g/mol. The van der Waals surface area contributed by atoms with E-state index in [4.69, 9.17) is 10.8 Å². The minimum atomic E-state index is -0.955. The molecule has 0 fully saturated rings. The van der Waals surface area contributed by atoms with Gasteiger partial charge >= 0.3 is 5.97 Å². The molecule has 0 atom stereocenters. The molecule has 3 nitrogen and oxygen atoms in total. The largest absolute Gasteiger partial charge is 0.478 e. The lowest BCUT2D eigenvalue weighted by atomic mass is 10.0. The van der Waals surface area contributed by atoms with Gasteiger partial charge in [-0.05, 0) is 36.6 Å². The minimum absolute atomic E-state index is 0.720. The fourth-order valence-electron chi connectivity index (χ4n) is 1.22. The van der Waals surface area contributed by atoms with Crippen molar-refractivity contribution < 1.29 is 9.90 Å². The van der Waals surface area contributed by atoms with E-state index in [1.165, 1.54) is 0 Å². The first kappa shape index (κ1) is 10.3. The molecule has 74 valence electrons. The molecule has 0 amide bonds. The SMILES string of the molecule is Cc1ccc(C=CC(=O)O)c(C)c1N. The van der Waals surface area contributed by atoms with Crippen LogP contribution in [0.5, 0.6) is 0 Å². The summed E-state index contributed by atoms with van der Waals surface area (Å²) in [4.78, 5) is 10.3. The number of hydrogen-bond donors (Lipinski definition) is 2. The highest BCUT2D eigenvalue weighted by Gasteiger charge is 2.01.